The number of rotatable bonds is 5. The minimum Gasteiger partial charge on any atom is -0.323 e. The Morgan fingerprint density at radius 1 is 1.16 bits per heavy atom. The van der Waals surface area contributed by atoms with Crippen molar-refractivity contribution in [1.82, 2.24) is 9.88 Å². The first-order valence-corrected chi connectivity index (χ1v) is 6.58. The van der Waals surface area contributed by atoms with E-state index in [1.54, 1.807) is 6.20 Å². The van der Waals surface area contributed by atoms with Gasteiger partial charge >= 0.3 is 0 Å². The Morgan fingerprint density at radius 2 is 1.89 bits per heavy atom. The lowest BCUT2D eigenvalue weighted by molar-refractivity contribution is 0.219. The first kappa shape index (κ1) is 13.7. The Hall–Kier alpha value is -1.71. The zero-order valence-electron chi connectivity index (χ0n) is 11.5. The molecule has 2 atom stereocenters. The van der Waals surface area contributed by atoms with E-state index in [1.165, 1.54) is 11.1 Å². The van der Waals surface area contributed by atoms with Crippen LogP contribution in [-0.4, -0.2) is 23.0 Å². The highest BCUT2D eigenvalue weighted by atomic mass is 15.1. The maximum Gasteiger partial charge on any atom is 0.0450 e. The van der Waals surface area contributed by atoms with Crippen LogP contribution in [0.1, 0.15) is 24.1 Å². The van der Waals surface area contributed by atoms with Crippen LogP contribution in [0.3, 0.4) is 0 Å². The number of nitrogens with zero attached hydrogens (tertiary/aromatic N) is 2. The summed E-state index contributed by atoms with van der Waals surface area (Å²) in [7, 11) is 2.10. The lowest BCUT2D eigenvalue weighted by Gasteiger charge is -2.30. The Labute approximate surface area is 115 Å². The van der Waals surface area contributed by atoms with Gasteiger partial charge in [-0.1, -0.05) is 36.4 Å². The van der Waals surface area contributed by atoms with Crippen molar-refractivity contribution in [3.8, 4) is 0 Å². The molecule has 2 N–H and O–H groups in total. The Balaban J connectivity index is 2.01. The van der Waals surface area contributed by atoms with E-state index in [1.807, 2.05) is 30.5 Å². The van der Waals surface area contributed by atoms with E-state index in [9.17, 15) is 0 Å². The zero-order chi connectivity index (χ0) is 13.7. The normalized spacial score (nSPS) is 14.3. The summed E-state index contributed by atoms with van der Waals surface area (Å²) >= 11 is 0. The smallest absolute Gasteiger partial charge is 0.0450 e. The molecular weight excluding hydrogens is 234 g/mol. The van der Waals surface area contributed by atoms with E-state index in [0.717, 1.165) is 6.54 Å². The summed E-state index contributed by atoms with van der Waals surface area (Å²) < 4.78 is 0. The molecule has 1 aromatic carbocycles. The van der Waals surface area contributed by atoms with Gasteiger partial charge in [0.2, 0.25) is 0 Å². The molecule has 0 saturated heterocycles. The largest absolute Gasteiger partial charge is 0.323 e. The molecule has 2 unspecified atom stereocenters. The SMILES string of the molecule is CC(C(N)c1ccccc1)N(C)Cc1cccnc1. The third-order valence-electron chi connectivity index (χ3n) is 3.55. The fraction of sp³-hybridized carbons (Fsp3) is 0.312. The predicted octanol–water partition coefficient (Wildman–Crippen LogP) is 2.60. The number of aromatic nitrogens is 1. The van der Waals surface area contributed by atoms with Crippen molar-refractivity contribution in [3.05, 3.63) is 66.0 Å². The second-order valence-electron chi connectivity index (χ2n) is 4.95. The number of likely N-dealkylation sites (N-methyl/N-ethyl adjacent to an activating group) is 1. The summed E-state index contributed by atoms with van der Waals surface area (Å²) in [5.74, 6) is 0. The molecule has 0 aliphatic rings. The van der Waals surface area contributed by atoms with Crippen LogP contribution in [0.4, 0.5) is 0 Å². The van der Waals surface area contributed by atoms with Crippen molar-refractivity contribution >= 4 is 0 Å². The molecule has 1 aromatic heterocycles. The molecule has 2 rings (SSSR count). The summed E-state index contributed by atoms with van der Waals surface area (Å²) in [6, 6.07) is 14.6. The van der Waals surface area contributed by atoms with Crippen molar-refractivity contribution in [2.45, 2.75) is 25.6 Å². The van der Waals surface area contributed by atoms with Gasteiger partial charge in [0, 0.05) is 31.0 Å². The molecule has 1 heterocycles. The van der Waals surface area contributed by atoms with Gasteiger partial charge in [0.05, 0.1) is 0 Å². The van der Waals surface area contributed by atoms with Crippen molar-refractivity contribution in [2.75, 3.05) is 7.05 Å². The zero-order valence-corrected chi connectivity index (χ0v) is 11.5. The topological polar surface area (TPSA) is 42.1 Å². The van der Waals surface area contributed by atoms with Crippen molar-refractivity contribution in [2.24, 2.45) is 5.73 Å². The fourth-order valence-corrected chi connectivity index (χ4v) is 2.15. The molecule has 3 nitrogen and oxygen atoms in total. The molecule has 0 radical (unpaired) electrons. The van der Waals surface area contributed by atoms with Crippen molar-refractivity contribution in [1.29, 1.82) is 0 Å². The summed E-state index contributed by atoms with van der Waals surface area (Å²) in [6.45, 7) is 3.02. The third-order valence-corrected chi connectivity index (χ3v) is 3.55. The second kappa shape index (κ2) is 6.45. The summed E-state index contributed by atoms with van der Waals surface area (Å²) in [4.78, 5) is 6.40. The summed E-state index contributed by atoms with van der Waals surface area (Å²) in [5, 5.41) is 0. The van der Waals surface area contributed by atoms with Gasteiger partial charge in [0.25, 0.3) is 0 Å². The van der Waals surface area contributed by atoms with Crippen LogP contribution in [0.15, 0.2) is 54.9 Å². The predicted molar refractivity (Wildman–Crippen MR) is 78.5 cm³/mol. The van der Waals surface area contributed by atoms with Crippen LogP contribution in [0.2, 0.25) is 0 Å². The molecule has 19 heavy (non-hydrogen) atoms. The molecule has 0 aliphatic carbocycles. The lowest BCUT2D eigenvalue weighted by atomic mass is 10.0. The average molecular weight is 255 g/mol. The van der Waals surface area contributed by atoms with E-state index < -0.39 is 0 Å². The third kappa shape index (κ3) is 3.63. The molecule has 0 aliphatic heterocycles. The first-order chi connectivity index (χ1) is 9.18. The highest BCUT2D eigenvalue weighted by Gasteiger charge is 2.18. The van der Waals surface area contributed by atoms with E-state index in [4.69, 9.17) is 5.73 Å². The highest BCUT2D eigenvalue weighted by molar-refractivity contribution is 5.20. The first-order valence-electron chi connectivity index (χ1n) is 6.58. The van der Waals surface area contributed by atoms with Gasteiger partial charge in [-0.2, -0.15) is 0 Å². The van der Waals surface area contributed by atoms with Crippen molar-refractivity contribution in [3.63, 3.8) is 0 Å². The van der Waals surface area contributed by atoms with E-state index >= 15 is 0 Å². The van der Waals surface area contributed by atoms with Gasteiger partial charge in [0.15, 0.2) is 0 Å². The second-order valence-corrected chi connectivity index (χ2v) is 4.95. The molecule has 100 valence electrons. The summed E-state index contributed by atoms with van der Waals surface area (Å²) in [6.07, 6.45) is 3.69. The van der Waals surface area contributed by atoms with E-state index in [-0.39, 0.29) is 12.1 Å². The van der Waals surface area contributed by atoms with E-state index in [0.29, 0.717) is 0 Å². The van der Waals surface area contributed by atoms with Crippen molar-refractivity contribution < 1.29 is 0 Å². The minimum atomic E-state index is 0.0165. The van der Waals surface area contributed by atoms with Crippen LogP contribution in [0, 0.1) is 0 Å². The fourth-order valence-electron chi connectivity index (χ4n) is 2.15. The maximum atomic E-state index is 6.34. The van der Waals surface area contributed by atoms with Gasteiger partial charge < -0.3 is 5.73 Å². The van der Waals surface area contributed by atoms with Crippen LogP contribution in [0.5, 0.6) is 0 Å². The molecule has 0 bridgehead atoms. The van der Waals surface area contributed by atoms with Gasteiger partial charge in [-0.05, 0) is 31.2 Å². The molecule has 0 amide bonds. The number of hydrogen-bond acceptors (Lipinski definition) is 3. The lowest BCUT2D eigenvalue weighted by Crippen LogP contribution is -2.37. The summed E-state index contributed by atoms with van der Waals surface area (Å²) in [5.41, 5.74) is 8.72. The van der Waals surface area contributed by atoms with Gasteiger partial charge in [0.1, 0.15) is 0 Å². The molecule has 0 spiro atoms. The number of hydrogen-bond donors (Lipinski definition) is 1. The molecule has 3 heteroatoms. The Morgan fingerprint density at radius 3 is 2.53 bits per heavy atom. The monoisotopic (exact) mass is 255 g/mol. The van der Waals surface area contributed by atoms with Gasteiger partial charge in [-0.15, -0.1) is 0 Å². The van der Waals surface area contributed by atoms with E-state index in [2.05, 4.69) is 42.1 Å². The quantitative estimate of drug-likeness (QED) is 0.893. The van der Waals surface area contributed by atoms with Gasteiger partial charge in [-0.3, -0.25) is 9.88 Å². The molecule has 0 saturated carbocycles. The Bertz CT molecular complexity index is 484. The average Bonchev–Trinajstić information content (AvgIpc) is 2.47. The molecular formula is C16H21N3. The number of benzene rings is 1. The maximum absolute atomic E-state index is 6.34. The molecule has 0 fully saturated rings. The van der Waals surface area contributed by atoms with Gasteiger partial charge in [-0.25, -0.2) is 0 Å². The number of pyridine rings is 1. The van der Waals surface area contributed by atoms with Crippen LogP contribution in [0.25, 0.3) is 0 Å². The Kier molecular flexibility index (Phi) is 4.66. The van der Waals surface area contributed by atoms with Crippen LogP contribution >= 0.6 is 0 Å². The van der Waals surface area contributed by atoms with Crippen LogP contribution < -0.4 is 5.73 Å². The number of nitrogens with two attached hydrogens (primary N) is 1. The molecule has 2 aromatic rings. The standard InChI is InChI=1S/C16H21N3/c1-13(16(17)15-8-4-3-5-9-15)19(2)12-14-7-6-10-18-11-14/h3-11,13,16H,12,17H2,1-2H3. The minimum absolute atomic E-state index is 0.0165. The highest BCUT2D eigenvalue weighted by Crippen LogP contribution is 2.18. The van der Waals surface area contributed by atoms with Crippen LogP contribution in [-0.2, 0) is 6.54 Å².